The molecular weight excluding hydrogens is 410 g/mol. The topological polar surface area (TPSA) is 79.4 Å². The van der Waals surface area contributed by atoms with E-state index in [1.54, 1.807) is 18.3 Å². The van der Waals surface area contributed by atoms with E-state index in [9.17, 15) is 13.2 Å². The summed E-state index contributed by atoms with van der Waals surface area (Å²) in [5.41, 5.74) is 2.37. The number of aromatic nitrogens is 1. The molecule has 1 fully saturated rings. The second-order valence-electron chi connectivity index (χ2n) is 7.15. The smallest absolute Gasteiger partial charge is 0.209 e. The van der Waals surface area contributed by atoms with Gasteiger partial charge in [-0.15, -0.1) is 0 Å². The monoisotopic (exact) mass is 429 g/mol. The average Bonchev–Trinajstić information content (AvgIpc) is 2.69. The number of nitrogens with zero attached hydrogens (tertiary/aromatic N) is 2. The molecule has 1 aliphatic heterocycles. The van der Waals surface area contributed by atoms with Crippen LogP contribution < -0.4 is 5.32 Å². The predicted molar refractivity (Wildman–Crippen MR) is 115 cm³/mol. The number of sulfone groups is 1. The van der Waals surface area contributed by atoms with Crippen molar-refractivity contribution in [2.24, 2.45) is 0 Å². The van der Waals surface area contributed by atoms with Crippen LogP contribution in [-0.4, -0.2) is 43.6 Å². The van der Waals surface area contributed by atoms with Crippen LogP contribution in [0.15, 0.2) is 48.7 Å². The number of carbonyl (C=O) groups is 1. The molecule has 1 unspecified atom stereocenters. The van der Waals surface area contributed by atoms with Gasteiger partial charge in [-0.25, -0.2) is 13.4 Å². The highest BCUT2D eigenvalue weighted by molar-refractivity contribution is 7.91. The number of rotatable bonds is 4. The zero-order valence-corrected chi connectivity index (χ0v) is 17.4. The first-order valence-corrected chi connectivity index (χ1v) is 11.3. The Bertz CT molecular complexity index is 1200. The van der Waals surface area contributed by atoms with Crippen molar-refractivity contribution in [2.45, 2.75) is 12.2 Å². The van der Waals surface area contributed by atoms with Crippen LogP contribution in [0.4, 0.5) is 11.5 Å². The molecule has 2 heterocycles. The number of nitrogens with one attached hydrogen (secondary N) is 1. The quantitative estimate of drug-likeness (QED) is 0.637. The predicted octanol–water partition coefficient (Wildman–Crippen LogP) is 3.87. The lowest BCUT2D eigenvalue weighted by molar-refractivity contribution is -0.118. The molecule has 1 amide bonds. The maximum atomic E-state index is 12.8. The van der Waals surface area contributed by atoms with Crippen molar-refractivity contribution in [3.63, 3.8) is 0 Å². The molecule has 1 aromatic heterocycles. The third kappa shape index (κ3) is 3.80. The Balaban J connectivity index is 1.86. The number of carbonyl (C=O) groups excluding carboxylic acids is 1. The molecule has 0 spiro atoms. The van der Waals surface area contributed by atoms with E-state index >= 15 is 0 Å². The van der Waals surface area contributed by atoms with Crippen LogP contribution >= 0.6 is 11.6 Å². The summed E-state index contributed by atoms with van der Waals surface area (Å²) in [5, 5.41) is 4.75. The van der Waals surface area contributed by atoms with Crippen LogP contribution in [0.25, 0.3) is 10.8 Å². The first-order chi connectivity index (χ1) is 13.9. The normalized spacial score (nSPS) is 18.6. The summed E-state index contributed by atoms with van der Waals surface area (Å²) in [7, 11) is -3.38. The van der Waals surface area contributed by atoms with Gasteiger partial charge in [0.2, 0.25) is 6.41 Å². The van der Waals surface area contributed by atoms with E-state index in [4.69, 9.17) is 11.6 Å². The highest BCUT2D eigenvalue weighted by Gasteiger charge is 2.35. The highest BCUT2D eigenvalue weighted by Crippen LogP contribution is 2.37. The lowest BCUT2D eigenvalue weighted by Crippen LogP contribution is -2.41. The van der Waals surface area contributed by atoms with Gasteiger partial charge in [-0.3, -0.25) is 4.79 Å². The van der Waals surface area contributed by atoms with E-state index in [-0.39, 0.29) is 18.8 Å². The van der Waals surface area contributed by atoms with Gasteiger partial charge >= 0.3 is 0 Å². The Kier molecular flexibility index (Phi) is 5.19. The zero-order chi connectivity index (χ0) is 20.6. The Morgan fingerprint density at radius 1 is 1.24 bits per heavy atom. The van der Waals surface area contributed by atoms with E-state index in [0.717, 1.165) is 22.0 Å². The number of hydrogen-bond donors (Lipinski definition) is 1. The van der Waals surface area contributed by atoms with Gasteiger partial charge in [0.25, 0.3) is 0 Å². The van der Waals surface area contributed by atoms with E-state index in [2.05, 4.69) is 10.3 Å². The molecule has 0 saturated carbocycles. The zero-order valence-electron chi connectivity index (χ0n) is 15.8. The minimum Gasteiger partial charge on any atom is -0.343 e. The maximum Gasteiger partial charge on any atom is 0.209 e. The minimum absolute atomic E-state index is 0.0493. The van der Waals surface area contributed by atoms with Gasteiger partial charge in [0.15, 0.2) is 9.84 Å². The van der Waals surface area contributed by atoms with Gasteiger partial charge < -0.3 is 10.2 Å². The first kappa shape index (κ1) is 19.7. The number of halogens is 1. The second kappa shape index (κ2) is 7.65. The van der Waals surface area contributed by atoms with Crippen molar-refractivity contribution < 1.29 is 13.2 Å². The summed E-state index contributed by atoms with van der Waals surface area (Å²) >= 11 is 6.08. The summed E-state index contributed by atoms with van der Waals surface area (Å²) in [6, 6.07) is 13.1. The molecule has 1 aliphatic rings. The standard InChI is InChI=1S/C21H20ClN3O3S/c1-14-4-2-7-17-20(14)18(19-12-25(13-26)8-9-29(19,27)28)11-23-21(17)24-16-6-3-5-15(22)10-16/h2-7,10-11,13,19H,8-9,12H2,1H3,(H,23,24). The fraction of sp³-hybridized carbons (Fsp3) is 0.238. The van der Waals surface area contributed by atoms with E-state index in [1.807, 2.05) is 37.3 Å². The van der Waals surface area contributed by atoms with Gasteiger partial charge in [-0.05, 0) is 41.6 Å². The van der Waals surface area contributed by atoms with E-state index in [1.165, 1.54) is 4.90 Å². The number of aryl methyl sites for hydroxylation is 1. The Labute approximate surface area is 174 Å². The third-order valence-corrected chi connectivity index (χ3v) is 7.49. The molecule has 4 rings (SSSR count). The second-order valence-corrected chi connectivity index (χ2v) is 9.89. The first-order valence-electron chi connectivity index (χ1n) is 9.21. The van der Waals surface area contributed by atoms with Gasteiger partial charge in [0.05, 0.1) is 5.75 Å². The van der Waals surface area contributed by atoms with Crippen molar-refractivity contribution in [3.8, 4) is 0 Å². The molecule has 0 aliphatic carbocycles. The largest absolute Gasteiger partial charge is 0.343 e. The van der Waals surface area contributed by atoms with Crippen molar-refractivity contribution in [3.05, 3.63) is 64.8 Å². The lowest BCUT2D eigenvalue weighted by Gasteiger charge is -2.31. The van der Waals surface area contributed by atoms with Crippen LogP contribution in [0.5, 0.6) is 0 Å². The molecule has 1 saturated heterocycles. The molecule has 3 aromatic rings. The molecule has 1 atom stereocenters. The molecule has 1 N–H and O–H groups in total. The van der Waals surface area contributed by atoms with E-state index < -0.39 is 15.1 Å². The average molecular weight is 430 g/mol. The number of amides is 1. The van der Waals surface area contributed by atoms with E-state index in [0.29, 0.717) is 22.8 Å². The summed E-state index contributed by atoms with van der Waals surface area (Å²) in [5.74, 6) is 0.571. The Hall–Kier alpha value is -2.64. The summed E-state index contributed by atoms with van der Waals surface area (Å²) < 4.78 is 25.6. The number of benzene rings is 2. The van der Waals surface area contributed by atoms with Crippen molar-refractivity contribution in [1.82, 2.24) is 9.88 Å². The Morgan fingerprint density at radius 2 is 2.03 bits per heavy atom. The lowest BCUT2D eigenvalue weighted by atomic mass is 9.99. The fourth-order valence-electron chi connectivity index (χ4n) is 3.76. The molecule has 8 heteroatoms. The number of anilines is 2. The van der Waals surface area contributed by atoms with Crippen LogP contribution in [-0.2, 0) is 14.6 Å². The van der Waals surface area contributed by atoms with Gasteiger partial charge in [-0.1, -0.05) is 35.9 Å². The summed E-state index contributed by atoms with van der Waals surface area (Å²) in [6.07, 6.45) is 2.32. The molecule has 6 nitrogen and oxygen atoms in total. The number of pyridine rings is 1. The van der Waals surface area contributed by atoms with Crippen LogP contribution in [0.1, 0.15) is 16.4 Å². The van der Waals surface area contributed by atoms with Crippen LogP contribution in [0.3, 0.4) is 0 Å². The van der Waals surface area contributed by atoms with Gasteiger partial charge in [0.1, 0.15) is 11.1 Å². The highest BCUT2D eigenvalue weighted by atomic mass is 35.5. The molecular formula is C21H20ClN3O3S. The van der Waals surface area contributed by atoms with Crippen LogP contribution in [0, 0.1) is 6.92 Å². The van der Waals surface area contributed by atoms with Gasteiger partial charge in [-0.2, -0.15) is 0 Å². The fourth-order valence-corrected chi connectivity index (χ4v) is 5.70. The molecule has 29 heavy (non-hydrogen) atoms. The van der Waals surface area contributed by atoms with Crippen molar-refractivity contribution in [2.75, 3.05) is 24.2 Å². The number of fused-ring (bicyclic) bond motifs is 1. The van der Waals surface area contributed by atoms with Crippen molar-refractivity contribution in [1.29, 1.82) is 0 Å². The minimum atomic E-state index is -3.38. The van der Waals surface area contributed by atoms with Gasteiger partial charge in [0, 0.05) is 35.4 Å². The third-order valence-electron chi connectivity index (χ3n) is 5.23. The molecule has 0 radical (unpaired) electrons. The number of hydrogen-bond acceptors (Lipinski definition) is 5. The molecule has 0 bridgehead atoms. The van der Waals surface area contributed by atoms with Crippen molar-refractivity contribution >= 4 is 50.1 Å². The summed E-state index contributed by atoms with van der Waals surface area (Å²) in [6.45, 7) is 2.31. The molecule has 150 valence electrons. The SMILES string of the molecule is Cc1cccc2c(Nc3cccc(Cl)c3)ncc(C3CN(C=O)CCS3(=O)=O)c12. The molecule has 2 aromatic carbocycles. The Morgan fingerprint density at radius 3 is 2.79 bits per heavy atom. The van der Waals surface area contributed by atoms with Crippen LogP contribution in [0.2, 0.25) is 5.02 Å². The summed E-state index contributed by atoms with van der Waals surface area (Å²) in [4.78, 5) is 17.3. The maximum absolute atomic E-state index is 12.8.